The Morgan fingerprint density at radius 3 is 2.38 bits per heavy atom. The predicted octanol–water partition coefficient (Wildman–Crippen LogP) is -2.34. The number of carboxylic acids is 1. The van der Waals surface area contributed by atoms with Crippen LogP contribution in [0, 0.1) is 0 Å². The maximum Gasteiger partial charge on any atom is 0.320 e. The van der Waals surface area contributed by atoms with Crippen molar-refractivity contribution in [2.24, 2.45) is 5.73 Å². The molecule has 1 heterocycles. The molecular formula is C9H17NO6. The normalized spacial score (nSPS) is 41.7. The first kappa shape index (κ1) is 13.3. The van der Waals surface area contributed by atoms with Crippen LogP contribution >= 0.6 is 0 Å². The molecule has 0 aromatic carbocycles. The third-order valence-corrected chi connectivity index (χ3v) is 2.75. The number of hydrogen-bond acceptors (Lipinski definition) is 6. The van der Waals surface area contributed by atoms with Gasteiger partial charge in [-0.25, -0.2) is 0 Å². The first-order valence-corrected chi connectivity index (χ1v) is 5.02. The highest BCUT2D eigenvalue weighted by atomic mass is 16.5. The van der Waals surface area contributed by atoms with Crippen LogP contribution in [0.1, 0.15) is 13.3 Å². The lowest BCUT2D eigenvalue weighted by Gasteiger charge is -2.39. The van der Waals surface area contributed by atoms with Gasteiger partial charge in [-0.15, -0.1) is 0 Å². The van der Waals surface area contributed by atoms with Crippen molar-refractivity contribution in [2.45, 2.75) is 49.9 Å². The van der Waals surface area contributed by atoms with Gasteiger partial charge in [0.25, 0.3) is 0 Å². The van der Waals surface area contributed by atoms with Crippen LogP contribution in [0.5, 0.6) is 0 Å². The summed E-state index contributed by atoms with van der Waals surface area (Å²) in [7, 11) is 0. The van der Waals surface area contributed by atoms with E-state index < -0.39 is 42.5 Å². The molecule has 0 aromatic heterocycles. The summed E-state index contributed by atoms with van der Waals surface area (Å²) in [5.74, 6) is -1.20. The van der Waals surface area contributed by atoms with Crippen molar-refractivity contribution in [3.63, 3.8) is 0 Å². The van der Waals surface area contributed by atoms with E-state index in [2.05, 4.69) is 0 Å². The van der Waals surface area contributed by atoms with E-state index in [0.29, 0.717) is 0 Å². The van der Waals surface area contributed by atoms with Gasteiger partial charge in [0.1, 0.15) is 24.4 Å². The number of aliphatic hydroxyl groups excluding tert-OH is 3. The van der Waals surface area contributed by atoms with Gasteiger partial charge in [-0.2, -0.15) is 0 Å². The Bertz CT molecular complexity index is 260. The van der Waals surface area contributed by atoms with Crippen LogP contribution in [-0.2, 0) is 9.53 Å². The van der Waals surface area contributed by atoms with Crippen LogP contribution in [0.25, 0.3) is 0 Å². The lowest BCUT2D eigenvalue weighted by Crippen LogP contribution is -2.57. The molecular weight excluding hydrogens is 218 g/mol. The fourth-order valence-corrected chi connectivity index (χ4v) is 1.68. The molecule has 6 N–H and O–H groups in total. The Balaban J connectivity index is 2.63. The monoisotopic (exact) mass is 235 g/mol. The van der Waals surface area contributed by atoms with Crippen molar-refractivity contribution in [3.05, 3.63) is 0 Å². The maximum absolute atomic E-state index is 10.5. The van der Waals surface area contributed by atoms with E-state index in [1.807, 2.05) is 0 Å². The molecule has 1 saturated heterocycles. The molecule has 1 fully saturated rings. The van der Waals surface area contributed by atoms with Gasteiger partial charge in [0.15, 0.2) is 0 Å². The molecule has 0 unspecified atom stereocenters. The van der Waals surface area contributed by atoms with E-state index in [9.17, 15) is 20.1 Å². The van der Waals surface area contributed by atoms with Crippen LogP contribution in [-0.4, -0.2) is 63.0 Å². The number of aliphatic carboxylic acids is 1. The summed E-state index contributed by atoms with van der Waals surface area (Å²) in [6.07, 6.45) is -5.56. The average molecular weight is 235 g/mol. The molecule has 0 aromatic rings. The molecule has 6 atom stereocenters. The second-order valence-electron chi connectivity index (χ2n) is 4.03. The summed E-state index contributed by atoms with van der Waals surface area (Å²) >= 11 is 0. The van der Waals surface area contributed by atoms with Gasteiger partial charge in [0.05, 0.1) is 12.2 Å². The quantitative estimate of drug-likeness (QED) is 0.370. The van der Waals surface area contributed by atoms with Crippen LogP contribution in [0.4, 0.5) is 0 Å². The molecule has 0 amide bonds. The van der Waals surface area contributed by atoms with Gasteiger partial charge >= 0.3 is 5.97 Å². The Morgan fingerprint density at radius 1 is 1.31 bits per heavy atom. The summed E-state index contributed by atoms with van der Waals surface area (Å²) in [6, 6.07) is -1.17. The van der Waals surface area contributed by atoms with Crippen LogP contribution < -0.4 is 5.73 Å². The summed E-state index contributed by atoms with van der Waals surface area (Å²) in [4.78, 5) is 10.5. The van der Waals surface area contributed by atoms with E-state index in [4.69, 9.17) is 15.6 Å². The molecule has 1 aliphatic rings. The summed E-state index contributed by atoms with van der Waals surface area (Å²) < 4.78 is 5.20. The minimum Gasteiger partial charge on any atom is -0.480 e. The minimum atomic E-state index is -1.35. The van der Waals surface area contributed by atoms with Crippen molar-refractivity contribution >= 4 is 5.97 Å². The van der Waals surface area contributed by atoms with E-state index in [0.717, 1.165) is 0 Å². The van der Waals surface area contributed by atoms with E-state index >= 15 is 0 Å². The van der Waals surface area contributed by atoms with E-state index in [-0.39, 0.29) is 6.42 Å². The SMILES string of the molecule is C[C@@H]1O[C@@H](C[C@H](N)C(=O)O)[C@@H](O)[C@H](O)[C@@H]1O. The van der Waals surface area contributed by atoms with Gasteiger partial charge in [-0.05, 0) is 6.92 Å². The number of carboxylic acid groups (broad SMARTS) is 1. The first-order valence-electron chi connectivity index (χ1n) is 5.02. The highest BCUT2D eigenvalue weighted by Gasteiger charge is 2.42. The predicted molar refractivity (Wildman–Crippen MR) is 52.6 cm³/mol. The van der Waals surface area contributed by atoms with Crippen molar-refractivity contribution in [2.75, 3.05) is 0 Å². The Kier molecular flexibility index (Phi) is 4.22. The van der Waals surface area contributed by atoms with Crippen LogP contribution in [0.2, 0.25) is 0 Å². The van der Waals surface area contributed by atoms with Crippen LogP contribution in [0.15, 0.2) is 0 Å². The van der Waals surface area contributed by atoms with Gasteiger partial charge in [0, 0.05) is 6.42 Å². The highest BCUT2D eigenvalue weighted by Crippen LogP contribution is 2.23. The van der Waals surface area contributed by atoms with Gasteiger partial charge in [0.2, 0.25) is 0 Å². The molecule has 1 aliphatic heterocycles. The largest absolute Gasteiger partial charge is 0.480 e. The number of aliphatic hydroxyl groups is 3. The smallest absolute Gasteiger partial charge is 0.320 e. The number of carbonyl (C=O) groups is 1. The molecule has 0 radical (unpaired) electrons. The van der Waals surface area contributed by atoms with Crippen LogP contribution in [0.3, 0.4) is 0 Å². The number of hydrogen-bond donors (Lipinski definition) is 5. The molecule has 0 aliphatic carbocycles. The molecule has 0 saturated carbocycles. The number of ether oxygens (including phenoxy) is 1. The van der Waals surface area contributed by atoms with Gasteiger partial charge < -0.3 is 30.9 Å². The topological polar surface area (TPSA) is 133 Å². The Morgan fingerprint density at radius 2 is 1.88 bits per heavy atom. The van der Waals surface area contributed by atoms with Crippen molar-refractivity contribution < 1.29 is 30.0 Å². The third-order valence-electron chi connectivity index (χ3n) is 2.75. The zero-order valence-electron chi connectivity index (χ0n) is 8.85. The molecule has 16 heavy (non-hydrogen) atoms. The minimum absolute atomic E-state index is 0.120. The standard InChI is InChI=1S/C9H17NO6/c1-3-6(11)8(13)7(12)5(16-3)2-4(10)9(14)15/h3-8,11-13H,2,10H2,1H3,(H,14,15)/t3-,4-,5-,6+,7+,8+/m0/s1. The fraction of sp³-hybridized carbons (Fsp3) is 0.889. The summed E-state index contributed by atoms with van der Waals surface area (Å²) in [5, 5.41) is 37.0. The van der Waals surface area contributed by atoms with Gasteiger partial charge in [-0.1, -0.05) is 0 Å². The van der Waals surface area contributed by atoms with Crippen molar-refractivity contribution in [1.29, 1.82) is 0 Å². The van der Waals surface area contributed by atoms with Crippen molar-refractivity contribution in [3.8, 4) is 0 Å². The maximum atomic E-state index is 10.5. The van der Waals surface area contributed by atoms with E-state index in [1.54, 1.807) is 0 Å². The third kappa shape index (κ3) is 2.69. The van der Waals surface area contributed by atoms with E-state index in [1.165, 1.54) is 6.92 Å². The molecule has 0 bridgehead atoms. The second-order valence-corrected chi connectivity index (χ2v) is 4.03. The molecule has 7 heteroatoms. The average Bonchev–Trinajstić information content (AvgIpc) is 2.22. The Labute approximate surface area is 92.4 Å². The fourth-order valence-electron chi connectivity index (χ4n) is 1.68. The molecule has 94 valence electrons. The lowest BCUT2D eigenvalue weighted by molar-refractivity contribution is -0.219. The second kappa shape index (κ2) is 5.07. The lowest BCUT2D eigenvalue weighted by atomic mass is 9.92. The zero-order chi connectivity index (χ0) is 12.5. The highest BCUT2D eigenvalue weighted by molar-refractivity contribution is 5.73. The molecule has 0 spiro atoms. The first-order chi connectivity index (χ1) is 7.34. The van der Waals surface area contributed by atoms with Crippen molar-refractivity contribution in [1.82, 2.24) is 0 Å². The Hall–Kier alpha value is -0.730. The molecule has 7 nitrogen and oxygen atoms in total. The molecule has 1 rings (SSSR count). The number of nitrogens with two attached hydrogens (primary N) is 1. The number of rotatable bonds is 3. The summed E-state index contributed by atoms with van der Waals surface area (Å²) in [5.41, 5.74) is 5.30. The zero-order valence-corrected chi connectivity index (χ0v) is 8.85. The summed E-state index contributed by atoms with van der Waals surface area (Å²) in [6.45, 7) is 1.53. The van der Waals surface area contributed by atoms with Gasteiger partial charge in [-0.3, -0.25) is 4.79 Å².